The van der Waals surface area contributed by atoms with Crippen molar-refractivity contribution in [2.45, 2.75) is 55.8 Å². The van der Waals surface area contributed by atoms with E-state index in [0.717, 1.165) is 18.5 Å². The number of carbonyl (C=O) groups excluding carboxylic acids is 1. The van der Waals surface area contributed by atoms with Crippen LogP contribution in [0.1, 0.15) is 44.6 Å². The van der Waals surface area contributed by atoms with E-state index >= 15 is 0 Å². The van der Waals surface area contributed by atoms with Gasteiger partial charge in [0.05, 0.1) is 17.9 Å². The number of thioether (sulfide) groups is 1. The molecule has 0 saturated heterocycles. The molecule has 3 aromatic rings. The molecule has 31 heavy (non-hydrogen) atoms. The molecule has 1 aliphatic carbocycles. The molecule has 1 aromatic carbocycles. The van der Waals surface area contributed by atoms with Crippen LogP contribution in [0.5, 0.6) is 0 Å². The number of hydrogen-bond donors (Lipinski definition) is 0. The van der Waals surface area contributed by atoms with E-state index in [1.807, 2.05) is 24.1 Å². The number of halogens is 1. The van der Waals surface area contributed by atoms with Gasteiger partial charge in [0.25, 0.3) is 5.56 Å². The molecule has 1 atom stereocenters. The van der Waals surface area contributed by atoms with Crippen molar-refractivity contribution >= 4 is 40.3 Å². The third-order valence-corrected chi connectivity index (χ3v) is 7.72. The molecular formula is C22H24ClN5O2S. The largest absolute Gasteiger partial charge is 0.343 e. The second kappa shape index (κ2) is 8.31. The second-order valence-electron chi connectivity index (χ2n) is 8.31. The van der Waals surface area contributed by atoms with Crippen molar-refractivity contribution < 1.29 is 4.79 Å². The van der Waals surface area contributed by atoms with E-state index in [4.69, 9.17) is 16.6 Å². The first kappa shape index (κ1) is 20.6. The maximum absolute atomic E-state index is 13.3. The number of rotatable bonds is 4. The first-order valence-corrected chi connectivity index (χ1v) is 12.0. The standard InChI is InChI=1S/C22H24ClN5O2S/c1-26(15-5-3-2-4-6-15)19(29)11-17-13-31-22-25-20-18(21(30)27(17)22)12-24-28(20)16-9-7-14(23)8-10-16/h7-10,12,15,17H,2-6,11,13H2,1H3. The molecule has 7 nitrogen and oxygen atoms in total. The quantitative estimate of drug-likeness (QED) is 0.552. The van der Waals surface area contributed by atoms with Gasteiger partial charge < -0.3 is 4.90 Å². The Morgan fingerprint density at radius 2 is 1.97 bits per heavy atom. The summed E-state index contributed by atoms with van der Waals surface area (Å²) in [5.41, 5.74) is 1.18. The second-order valence-corrected chi connectivity index (χ2v) is 9.73. The number of carbonyl (C=O) groups is 1. The van der Waals surface area contributed by atoms with E-state index in [9.17, 15) is 9.59 Å². The maximum atomic E-state index is 13.3. The highest BCUT2D eigenvalue weighted by molar-refractivity contribution is 7.99. The van der Waals surface area contributed by atoms with Gasteiger partial charge in [0, 0.05) is 30.3 Å². The molecule has 2 aromatic heterocycles. The minimum absolute atomic E-state index is 0.106. The van der Waals surface area contributed by atoms with Crippen LogP contribution in [-0.2, 0) is 4.79 Å². The summed E-state index contributed by atoms with van der Waals surface area (Å²) in [5, 5.41) is 6.12. The monoisotopic (exact) mass is 457 g/mol. The predicted molar refractivity (Wildman–Crippen MR) is 122 cm³/mol. The van der Waals surface area contributed by atoms with Gasteiger partial charge in [-0.2, -0.15) is 5.10 Å². The van der Waals surface area contributed by atoms with Crippen LogP contribution in [0.15, 0.2) is 40.4 Å². The van der Waals surface area contributed by atoms with Crippen molar-refractivity contribution in [1.82, 2.24) is 24.2 Å². The van der Waals surface area contributed by atoms with E-state index in [0.29, 0.717) is 39.4 Å². The SMILES string of the molecule is CN(C(=O)CC1CSc2nc3c(cnn3-c3ccc(Cl)cc3)c(=O)n21)C1CCCCC1. The van der Waals surface area contributed by atoms with Gasteiger partial charge in [0.2, 0.25) is 5.91 Å². The fourth-order valence-electron chi connectivity index (χ4n) is 4.57. The number of nitrogens with zero attached hydrogens (tertiary/aromatic N) is 5. The number of hydrogen-bond acceptors (Lipinski definition) is 5. The lowest BCUT2D eigenvalue weighted by atomic mass is 9.94. The van der Waals surface area contributed by atoms with Gasteiger partial charge in [-0.3, -0.25) is 14.2 Å². The zero-order valence-corrected chi connectivity index (χ0v) is 18.9. The Hall–Kier alpha value is -2.32. The number of benzene rings is 1. The minimum atomic E-state index is -0.179. The summed E-state index contributed by atoms with van der Waals surface area (Å²) in [5.74, 6) is 0.780. The number of amides is 1. The third kappa shape index (κ3) is 3.76. The summed E-state index contributed by atoms with van der Waals surface area (Å²) in [6, 6.07) is 7.40. The van der Waals surface area contributed by atoms with Crippen molar-refractivity contribution in [1.29, 1.82) is 0 Å². The molecule has 9 heteroatoms. The molecule has 2 aliphatic rings. The summed E-state index contributed by atoms with van der Waals surface area (Å²) in [6.07, 6.45) is 7.65. The van der Waals surface area contributed by atoms with Crippen molar-refractivity contribution in [3.8, 4) is 5.69 Å². The molecule has 5 rings (SSSR count). The van der Waals surface area contributed by atoms with Crippen LogP contribution in [0.2, 0.25) is 5.02 Å². The van der Waals surface area contributed by atoms with Crippen molar-refractivity contribution in [3.63, 3.8) is 0 Å². The average molecular weight is 458 g/mol. The van der Waals surface area contributed by atoms with Gasteiger partial charge in [0.1, 0.15) is 5.39 Å². The van der Waals surface area contributed by atoms with Crippen LogP contribution >= 0.6 is 23.4 Å². The van der Waals surface area contributed by atoms with Gasteiger partial charge in [-0.1, -0.05) is 42.6 Å². The molecule has 1 unspecified atom stereocenters. The number of fused-ring (bicyclic) bond motifs is 2. The lowest BCUT2D eigenvalue weighted by Crippen LogP contribution is -2.39. The van der Waals surface area contributed by atoms with E-state index in [1.54, 1.807) is 27.6 Å². The van der Waals surface area contributed by atoms with Crippen molar-refractivity contribution in [3.05, 3.63) is 45.8 Å². The Morgan fingerprint density at radius 3 is 2.71 bits per heavy atom. The zero-order chi connectivity index (χ0) is 21.5. The Bertz CT molecular complexity index is 1180. The third-order valence-electron chi connectivity index (χ3n) is 6.37. The maximum Gasteiger partial charge on any atom is 0.265 e. The van der Waals surface area contributed by atoms with E-state index in [2.05, 4.69) is 5.10 Å². The first-order chi connectivity index (χ1) is 15.0. The highest BCUT2D eigenvalue weighted by atomic mass is 35.5. The summed E-state index contributed by atoms with van der Waals surface area (Å²) < 4.78 is 3.34. The molecule has 0 N–H and O–H groups in total. The van der Waals surface area contributed by atoms with Crippen LogP contribution < -0.4 is 5.56 Å². The summed E-state index contributed by atoms with van der Waals surface area (Å²) in [7, 11) is 1.90. The Balaban J connectivity index is 1.43. The van der Waals surface area contributed by atoms with Crippen LogP contribution in [0, 0.1) is 0 Å². The lowest BCUT2D eigenvalue weighted by Gasteiger charge is -2.32. The molecule has 1 saturated carbocycles. The molecule has 162 valence electrons. The molecule has 0 spiro atoms. The lowest BCUT2D eigenvalue weighted by molar-refractivity contribution is -0.133. The average Bonchev–Trinajstić information content (AvgIpc) is 3.39. The minimum Gasteiger partial charge on any atom is -0.343 e. The summed E-state index contributed by atoms with van der Waals surface area (Å²) >= 11 is 7.51. The van der Waals surface area contributed by atoms with E-state index in [1.165, 1.54) is 31.0 Å². The predicted octanol–water partition coefficient (Wildman–Crippen LogP) is 4.06. The number of aromatic nitrogens is 4. The fraction of sp³-hybridized carbons (Fsp3) is 0.455. The van der Waals surface area contributed by atoms with Gasteiger partial charge >= 0.3 is 0 Å². The van der Waals surface area contributed by atoms with Crippen LogP contribution in [0.3, 0.4) is 0 Å². The Labute approximate surface area is 189 Å². The van der Waals surface area contributed by atoms with Crippen LogP contribution in [0.25, 0.3) is 16.7 Å². The molecule has 1 fully saturated rings. The molecular weight excluding hydrogens is 434 g/mol. The van der Waals surface area contributed by atoms with Gasteiger partial charge in [-0.05, 0) is 37.1 Å². The molecule has 3 heterocycles. The van der Waals surface area contributed by atoms with Crippen molar-refractivity contribution in [2.75, 3.05) is 12.8 Å². The summed E-state index contributed by atoms with van der Waals surface area (Å²) in [6.45, 7) is 0. The first-order valence-electron chi connectivity index (χ1n) is 10.7. The normalized spacial score (nSPS) is 19.0. The molecule has 1 aliphatic heterocycles. The zero-order valence-electron chi connectivity index (χ0n) is 17.3. The van der Waals surface area contributed by atoms with Crippen LogP contribution in [0.4, 0.5) is 0 Å². The molecule has 0 radical (unpaired) electrons. The van der Waals surface area contributed by atoms with Gasteiger partial charge in [-0.25, -0.2) is 9.67 Å². The summed E-state index contributed by atoms with van der Waals surface area (Å²) in [4.78, 5) is 32.9. The van der Waals surface area contributed by atoms with Gasteiger partial charge in [-0.15, -0.1) is 0 Å². The van der Waals surface area contributed by atoms with E-state index in [-0.39, 0.29) is 17.5 Å². The smallest absolute Gasteiger partial charge is 0.265 e. The Morgan fingerprint density at radius 1 is 1.23 bits per heavy atom. The topological polar surface area (TPSA) is 73.0 Å². The molecule has 1 amide bonds. The van der Waals surface area contributed by atoms with Gasteiger partial charge in [0.15, 0.2) is 10.8 Å². The van der Waals surface area contributed by atoms with E-state index < -0.39 is 0 Å². The van der Waals surface area contributed by atoms with Crippen molar-refractivity contribution in [2.24, 2.45) is 0 Å². The Kier molecular flexibility index (Phi) is 5.52. The highest BCUT2D eigenvalue weighted by Crippen LogP contribution is 2.34. The highest BCUT2D eigenvalue weighted by Gasteiger charge is 2.31. The fourth-order valence-corrected chi connectivity index (χ4v) is 5.83. The molecule has 0 bridgehead atoms. The van der Waals surface area contributed by atoms with Crippen LogP contribution in [-0.4, -0.2) is 49.0 Å².